The minimum atomic E-state index is -3.55. The molecule has 6 heteroatoms. The molecular weight excluding hydrogens is 278 g/mol. The van der Waals surface area contributed by atoms with Crippen LogP contribution in [0.1, 0.15) is 6.92 Å². The Labute approximate surface area is 118 Å². The molecule has 0 unspecified atom stereocenters. The molecule has 0 aliphatic carbocycles. The predicted octanol–water partition coefficient (Wildman–Crippen LogP) is 1.22. The second-order valence-electron chi connectivity index (χ2n) is 4.67. The van der Waals surface area contributed by atoms with Crippen molar-refractivity contribution in [3.63, 3.8) is 0 Å². The van der Waals surface area contributed by atoms with Gasteiger partial charge in [0.25, 0.3) is 5.91 Å². The number of nitrogens with zero attached hydrogens (tertiary/aromatic N) is 1. The number of benzene rings is 1. The lowest BCUT2D eigenvalue weighted by molar-refractivity contribution is -0.131. The number of hydrogen-bond donors (Lipinski definition) is 0. The summed E-state index contributed by atoms with van der Waals surface area (Å²) in [6, 6.07) is 8.08. The van der Waals surface area contributed by atoms with Gasteiger partial charge in [0.05, 0.1) is 11.0 Å². The van der Waals surface area contributed by atoms with Crippen molar-refractivity contribution in [1.82, 2.24) is 4.90 Å². The summed E-state index contributed by atoms with van der Waals surface area (Å²) in [5.41, 5.74) is 0. The molecule has 5 nitrogen and oxygen atoms in total. The maximum atomic E-state index is 12.3. The average molecular weight is 295 g/mol. The van der Waals surface area contributed by atoms with E-state index in [-0.39, 0.29) is 29.3 Å². The molecule has 1 aliphatic heterocycles. The van der Waals surface area contributed by atoms with Gasteiger partial charge in [-0.15, -0.1) is 6.58 Å². The van der Waals surface area contributed by atoms with Gasteiger partial charge in [-0.05, 0) is 19.1 Å². The second-order valence-corrected chi connectivity index (χ2v) is 6.63. The maximum Gasteiger partial charge on any atom is 0.255 e. The standard InChI is InChI=1S/C14H17NO4S/c1-3-9-15(14(16)13-11(2)19-13)10-20(17,18)12-7-5-4-6-8-12/h3-8,11,13H,1,9-10H2,2H3/t11-,13-/m1/s1. The molecule has 1 heterocycles. The number of carbonyl (C=O) groups is 1. The molecule has 0 spiro atoms. The smallest absolute Gasteiger partial charge is 0.255 e. The highest BCUT2D eigenvalue weighted by atomic mass is 32.2. The van der Waals surface area contributed by atoms with Gasteiger partial charge in [0.15, 0.2) is 15.9 Å². The Morgan fingerprint density at radius 2 is 2.00 bits per heavy atom. The zero-order chi connectivity index (χ0) is 14.8. The molecule has 0 bridgehead atoms. The van der Waals surface area contributed by atoms with Crippen LogP contribution in [0.2, 0.25) is 0 Å². The van der Waals surface area contributed by atoms with E-state index < -0.39 is 15.9 Å². The molecule has 0 aromatic heterocycles. The molecule has 1 fully saturated rings. The van der Waals surface area contributed by atoms with Crippen LogP contribution in [0, 0.1) is 0 Å². The fraction of sp³-hybridized carbons (Fsp3) is 0.357. The average Bonchev–Trinajstić information content (AvgIpc) is 3.15. The minimum absolute atomic E-state index is 0.144. The van der Waals surface area contributed by atoms with Crippen molar-refractivity contribution in [2.45, 2.75) is 24.0 Å². The van der Waals surface area contributed by atoms with Gasteiger partial charge in [-0.3, -0.25) is 4.79 Å². The summed E-state index contributed by atoms with van der Waals surface area (Å²) in [5.74, 6) is -0.675. The Kier molecular flexibility index (Phi) is 4.25. The molecule has 0 N–H and O–H groups in total. The number of hydrogen-bond acceptors (Lipinski definition) is 4. The molecule has 20 heavy (non-hydrogen) atoms. The number of epoxide rings is 1. The van der Waals surface area contributed by atoms with Crippen LogP contribution in [0.5, 0.6) is 0 Å². The van der Waals surface area contributed by atoms with Crippen LogP contribution in [-0.4, -0.2) is 43.9 Å². The molecule has 108 valence electrons. The van der Waals surface area contributed by atoms with Crippen molar-refractivity contribution in [3.05, 3.63) is 43.0 Å². The summed E-state index contributed by atoms with van der Waals surface area (Å²) in [5, 5.41) is 0. The molecule has 2 atom stereocenters. The van der Waals surface area contributed by atoms with Gasteiger partial charge in [0.2, 0.25) is 0 Å². The van der Waals surface area contributed by atoms with Crippen LogP contribution in [-0.2, 0) is 19.4 Å². The van der Waals surface area contributed by atoms with Crippen LogP contribution in [0.25, 0.3) is 0 Å². The quantitative estimate of drug-likeness (QED) is 0.584. The first-order valence-electron chi connectivity index (χ1n) is 6.28. The molecule has 2 rings (SSSR count). The van der Waals surface area contributed by atoms with Gasteiger partial charge in [-0.1, -0.05) is 24.3 Å². The highest BCUT2D eigenvalue weighted by molar-refractivity contribution is 7.91. The number of amides is 1. The van der Waals surface area contributed by atoms with Crippen molar-refractivity contribution in [2.75, 3.05) is 12.4 Å². The summed E-state index contributed by atoms with van der Waals surface area (Å²) in [7, 11) is -3.55. The molecular formula is C14H17NO4S. The van der Waals surface area contributed by atoms with E-state index in [1.807, 2.05) is 0 Å². The Morgan fingerprint density at radius 3 is 2.50 bits per heavy atom. The topological polar surface area (TPSA) is 67.0 Å². The van der Waals surface area contributed by atoms with Gasteiger partial charge >= 0.3 is 0 Å². The summed E-state index contributed by atoms with van der Waals surface area (Å²) in [6.45, 7) is 5.51. The van der Waals surface area contributed by atoms with Crippen LogP contribution in [0.4, 0.5) is 0 Å². The van der Waals surface area contributed by atoms with Crippen molar-refractivity contribution in [3.8, 4) is 0 Å². The van der Waals surface area contributed by atoms with Crippen LogP contribution < -0.4 is 0 Å². The summed E-state index contributed by atoms with van der Waals surface area (Å²) in [6.07, 6.45) is 0.834. The minimum Gasteiger partial charge on any atom is -0.359 e. The van der Waals surface area contributed by atoms with Gasteiger partial charge in [-0.2, -0.15) is 0 Å². The molecule has 0 saturated carbocycles. The fourth-order valence-corrected chi connectivity index (χ4v) is 3.26. The number of carbonyl (C=O) groups excluding carboxylic acids is 1. The van der Waals surface area contributed by atoms with Crippen LogP contribution >= 0.6 is 0 Å². The number of rotatable bonds is 6. The van der Waals surface area contributed by atoms with Crippen molar-refractivity contribution < 1.29 is 17.9 Å². The van der Waals surface area contributed by atoms with E-state index in [0.29, 0.717) is 0 Å². The lowest BCUT2D eigenvalue weighted by atomic mass is 10.3. The Bertz CT molecular complexity index is 597. The van der Waals surface area contributed by atoms with Gasteiger partial charge in [0.1, 0.15) is 5.88 Å². The highest BCUT2D eigenvalue weighted by Gasteiger charge is 2.44. The first kappa shape index (κ1) is 14.7. The van der Waals surface area contributed by atoms with Gasteiger partial charge < -0.3 is 9.64 Å². The van der Waals surface area contributed by atoms with E-state index >= 15 is 0 Å². The third-order valence-corrected chi connectivity index (χ3v) is 4.69. The first-order chi connectivity index (χ1) is 9.45. The van der Waals surface area contributed by atoms with Crippen LogP contribution in [0.15, 0.2) is 47.9 Å². The third-order valence-electron chi connectivity index (χ3n) is 3.04. The summed E-state index contributed by atoms with van der Waals surface area (Å²) in [4.78, 5) is 13.6. The van der Waals surface area contributed by atoms with Gasteiger partial charge in [0, 0.05) is 6.54 Å². The van der Waals surface area contributed by atoms with E-state index in [9.17, 15) is 13.2 Å². The Morgan fingerprint density at radius 1 is 1.40 bits per heavy atom. The lowest BCUT2D eigenvalue weighted by Gasteiger charge is -2.20. The van der Waals surface area contributed by atoms with E-state index in [1.54, 1.807) is 25.1 Å². The van der Waals surface area contributed by atoms with Crippen molar-refractivity contribution in [2.24, 2.45) is 0 Å². The summed E-state index contributed by atoms with van der Waals surface area (Å²) < 4.78 is 29.7. The number of sulfone groups is 1. The maximum absolute atomic E-state index is 12.3. The largest absolute Gasteiger partial charge is 0.359 e. The van der Waals surface area contributed by atoms with E-state index in [1.165, 1.54) is 23.1 Å². The van der Waals surface area contributed by atoms with Gasteiger partial charge in [-0.25, -0.2) is 8.42 Å². The van der Waals surface area contributed by atoms with E-state index in [0.717, 1.165) is 0 Å². The molecule has 0 radical (unpaired) electrons. The third kappa shape index (κ3) is 3.26. The Hall–Kier alpha value is -1.66. The zero-order valence-electron chi connectivity index (χ0n) is 11.2. The van der Waals surface area contributed by atoms with Crippen molar-refractivity contribution >= 4 is 15.7 Å². The molecule has 1 aromatic rings. The summed E-state index contributed by atoms with van der Waals surface area (Å²) >= 11 is 0. The Balaban J connectivity index is 2.15. The second kappa shape index (κ2) is 5.76. The molecule has 1 aromatic carbocycles. The SMILES string of the molecule is C=CCN(CS(=O)(=O)c1ccccc1)C(=O)[C@@H]1O[C@@H]1C. The number of ether oxygens (including phenoxy) is 1. The zero-order valence-corrected chi connectivity index (χ0v) is 12.0. The highest BCUT2D eigenvalue weighted by Crippen LogP contribution is 2.24. The lowest BCUT2D eigenvalue weighted by Crippen LogP contribution is -2.39. The van der Waals surface area contributed by atoms with Crippen molar-refractivity contribution in [1.29, 1.82) is 0 Å². The predicted molar refractivity (Wildman–Crippen MR) is 74.7 cm³/mol. The molecule has 1 aliphatic rings. The first-order valence-corrected chi connectivity index (χ1v) is 7.94. The molecule has 1 amide bonds. The van der Waals surface area contributed by atoms with Crippen LogP contribution in [0.3, 0.4) is 0 Å². The monoisotopic (exact) mass is 295 g/mol. The van der Waals surface area contributed by atoms with E-state index in [4.69, 9.17) is 4.74 Å². The molecule has 1 saturated heterocycles. The normalized spacial score (nSPS) is 21.2. The fourth-order valence-electron chi connectivity index (χ4n) is 1.89. The van der Waals surface area contributed by atoms with E-state index in [2.05, 4.69) is 6.58 Å².